The van der Waals surface area contributed by atoms with E-state index in [1.807, 2.05) is 12.4 Å². The molecule has 0 aliphatic carbocycles. The smallest absolute Gasteiger partial charge is 0.267 e. The van der Waals surface area contributed by atoms with Crippen molar-refractivity contribution in [3.8, 4) is 16.9 Å². The largest absolute Gasteiger partial charge is 0.368 e. The summed E-state index contributed by atoms with van der Waals surface area (Å²) < 4.78 is 1.61. The van der Waals surface area contributed by atoms with Crippen LogP contribution in [0.5, 0.6) is 0 Å². The number of likely N-dealkylation sites (N-methyl/N-ethyl adjacent to an activating group) is 1. The molecule has 1 fully saturated rings. The normalized spacial score (nSPS) is 15.0. The number of primary amides is 1. The van der Waals surface area contributed by atoms with Gasteiger partial charge in [-0.25, -0.2) is 9.67 Å². The molecule has 1 saturated heterocycles. The van der Waals surface area contributed by atoms with Gasteiger partial charge >= 0.3 is 0 Å². The molecule has 143 valence electrons. The first kappa shape index (κ1) is 18.1. The van der Waals surface area contributed by atoms with Gasteiger partial charge in [0.15, 0.2) is 0 Å². The molecule has 28 heavy (non-hydrogen) atoms. The van der Waals surface area contributed by atoms with Gasteiger partial charge in [-0.05, 0) is 26.1 Å². The Labute approximate surface area is 162 Å². The third-order valence-corrected chi connectivity index (χ3v) is 4.86. The Morgan fingerprint density at radius 1 is 1.21 bits per heavy atom. The predicted octanol–water partition coefficient (Wildman–Crippen LogP) is 0.684. The van der Waals surface area contributed by atoms with Gasteiger partial charge in [0.1, 0.15) is 11.4 Å². The van der Waals surface area contributed by atoms with E-state index in [0.717, 1.165) is 37.4 Å². The van der Waals surface area contributed by atoms with E-state index in [1.54, 1.807) is 23.9 Å². The monoisotopic (exact) mass is 377 g/mol. The van der Waals surface area contributed by atoms with Crippen LogP contribution in [-0.4, -0.2) is 69.0 Å². The summed E-state index contributed by atoms with van der Waals surface area (Å²) in [6.45, 7) is 5.80. The summed E-state index contributed by atoms with van der Waals surface area (Å²) in [5, 5.41) is 8.47. The number of carbonyl (C=O) groups is 1. The van der Waals surface area contributed by atoms with Gasteiger partial charge in [0, 0.05) is 44.0 Å². The van der Waals surface area contributed by atoms with Crippen molar-refractivity contribution in [2.75, 3.05) is 38.1 Å². The molecule has 1 aliphatic heterocycles. The van der Waals surface area contributed by atoms with Crippen LogP contribution < -0.4 is 10.6 Å². The number of piperazine rings is 1. The molecule has 0 bridgehead atoms. The zero-order valence-electron chi connectivity index (χ0n) is 15.8. The van der Waals surface area contributed by atoms with Crippen LogP contribution in [0.3, 0.4) is 0 Å². The van der Waals surface area contributed by atoms with Crippen molar-refractivity contribution >= 4 is 11.6 Å². The fourth-order valence-electron chi connectivity index (χ4n) is 3.18. The van der Waals surface area contributed by atoms with Crippen molar-refractivity contribution < 1.29 is 4.79 Å². The van der Waals surface area contributed by atoms with E-state index in [2.05, 4.69) is 49.3 Å². The molecule has 1 aliphatic rings. The number of hydrogen-bond donors (Lipinski definition) is 1. The SMILES string of the molecule is Cc1nc(C(N)=O)[c]cc1-n1cc(-c2cncc(N3CCN(C)CC3)c2)nn1. The van der Waals surface area contributed by atoms with Crippen LogP contribution in [0.15, 0.2) is 30.7 Å². The van der Waals surface area contributed by atoms with Crippen LogP contribution in [0.2, 0.25) is 0 Å². The first-order valence-electron chi connectivity index (χ1n) is 9.02. The standard InChI is InChI=1S/C19H21N8O/c1-13-18(4-3-16(22-13)19(20)28)27-12-17(23-24-27)14-9-15(11-21-10-14)26-7-5-25(2)6-8-26/h4,9-12H,5-8H2,1-2H3,(H2,20,28). The average Bonchev–Trinajstić information content (AvgIpc) is 3.18. The maximum absolute atomic E-state index is 11.3. The zero-order valence-corrected chi connectivity index (χ0v) is 15.8. The van der Waals surface area contributed by atoms with E-state index >= 15 is 0 Å². The molecule has 1 amide bonds. The number of rotatable bonds is 4. The van der Waals surface area contributed by atoms with Crippen molar-refractivity contribution in [1.29, 1.82) is 0 Å². The Balaban J connectivity index is 1.60. The maximum atomic E-state index is 11.3. The number of aryl methyl sites for hydroxylation is 1. The highest BCUT2D eigenvalue weighted by Gasteiger charge is 2.16. The molecular formula is C19H21N8O. The topological polar surface area (TPSA) is 106 Å². The van der Waals surface area contributed by atoms with Gasteiger partial charge in [0.25, 0.3) is 5.91 Å². The molecule has 0 aromatic carbocycles. The van der Waals surface area contributed by atoms with Gasteiger partial charge in [-0.1, -0.05) is 5.21 Å². The van der Waals surface area contributed by atoms with Gasteiger partial charge in [0.05, 0.1) is 29.5 Å². The van der Waals surface area contributed by atoms with Crippen molar-refractivity contribution in [2.45, 2.75) is 6.92 Å². The van der Waals surface area contributed by atoms with E-state index in [-0.39, 0.29) is 5.69 Å². The first-order valence-corrected chi connectivity index (χ1v) is 9.02. The molecule has 9 nitrogen and oxygen atoms in total. The third kappa shape index (κ3) is 3.56. The Kier molecular flexibility index (Phi) is 4.74. The molecule has 0 atom stereocenters. The summed E-state index contributed by atoms with van der Waals surface area (Å²) in [6.07, 6.45) is 5.47. The molecule has 3 aromatic heterocycles. The molecule has 9 heteroatoms. The quantitative estimate of drug-likeness (QED) is 0.713. The van der Waals surface area contributed by atoms with Crippen LogP contribution in [0.4, 0.5) is 5.69 Å². The lowest BCUT2D eigenvalue weighted by molar-refractivity contribution is 0.0995. The number of anilines is 1. The summed E-state index contributed by atoms with van der Waals surface area (Å²) in [5.41, 5.74) is 9.35. The molecule has 1 radical (unpaired) electrons. The number of hydrogen-bond acceptors (Lipinski definition) is 7. The van der Waals surface area contributed by atoms with Crippen LogP contribution in [0.25, 0.3) is 16.9 Å². The van der Waals surface area contributed by atoms with Crippen LogP contribution in [-0.2, 0) is 0 Å². The lowest BCUT2D eigenvalue weighted by Gasteiger charge is -2.33. The second kappa shape index (κ2) is 7.35. The molecule has 3 aromatic rings. The van der Waals surface area contributed by atoms with E-state index in [9.17, 15) is 4.79 Å². The minimum atomic E-state index is -0.610. The first-order chi connectivity index (χ1) is 13.5. The van der Waals surface area contributed by atoms with E-state index < -0.39 is 5.91 Å². The van der Waals surface area contributed by atoms with E-state index in [0.29, 0.717) is 17.1 Å². The lowest BCUT2D eigenvalue weighted by Crippen LogP contribution is -2.44. The highest BCUT2D eigenvalue weighted by atomic mass is 16.1. The molecular weight excluding hydrogens is 356 g/mol. The fraction of sp³-hybridized carbons (Fsp3) is 0.316. The maximum Gasteiger partial charge on any atom is 0.267 e. The van der Waals surface area contributed by atoms with Crippen molar-refractivity contribution in [1.82, 2.24) is 29.9 Å². The number of amides is 1. The van der Waals surface area contributed by atoms with Gasteiger partial charge in [-0.3, -0.25) is 9.78 Å². The van der Waals surface area contributed by atoms with E-state index in [4.69, 9.17) is 5.73 Å². The minimum Gasteiger partial charge on any atom is -0.368 e. The van der Waals surface area contributed by atoms with Gasteiger partial charge in [0.2, 0.25) is 0 Å². The van der Waals surface area contributed by atoms with Crippen LogP contribution in [0, 0.1) is 13.0 Å². The van der Waals surface area contributed by atoms with Crippen LogP contribution >= 0.6 is 0 Å². The Morgan fingerprint density at radius 2 is 2.00 bits per heavy atom. The molecule has 0 unspecified atom stereocenters. The number of nitrogens with zero attached hydrogens (tertiary/aromatic N) is 7. The van der Waals surface area contributed by atoms with Crippen LogP contribution in [0.1, 0.15) is 16.2 Å². The summed E-state index contributed by atoms with van der Waals surface area (Å²) in [6, 6.07) is 6.51. The zero-order chi connectivity index (χ0) is 19.7. The molecule has 4 heterocycles. The second-order valence-electron chi connectivity index (χ2n) is 6.85. The van der Waals surface area contributed by atoms with E-state index in [1.165, 1.54) is 0 Å². The van der Waals surface area contributed by atoms with Gasteiger partial charge < -0.3 is 15.5 Å². The predicted molar refractivity (Wildman–Crippen MR) is 104 cm³/mol. The summed E-state index contributed by atoms with van der Waals surface area (Å²) >= 11 is 0. The lowest BCUT2D eigenvalue weighted by atomic mass is 10.2. The Morgan fingerprint density at radius 3 is 2.71 bits per heavy atom. The summed E-state index contributed by atoms with van der Waals surface area (Å²) in [5.74, 6) is -0.610. The average molecular weight is 377 g/mol. The Hall–Kier alpha value is -3.33. The molecule has 0 spiro atoms. The summed E-state index contributed by atoms with van der Waals surface area (Å²) in [4.78, 5) is 24.4. The Bertz CT molecular complexity index is 1010. The second-order valence-corrected chi connectivity index (χ2v) is 6.85. The number of pyridine rings is 2. The molecule has 4 rings (SSSR count). The third-order valence-electron chi connectivity index (χ3n) is 4.86. The number of aromatic nitrogens is 5. The highest BCUT2D eigenvalue weighted by molar-refractivity contribution is 5.90. The molecule has 0 saturated carbocycles. The van der Waals surface area contributed by atoms with Gasteiger partial charge in [-0.15, -0.1) is 5.10 Å². The highest BCUT2D eigenvalue weighted by Crippen LogP contribution is 2.23. The van der Waals surface area contributed by atoms with Gasteiger partial charge in [-0.2, -0.15) is 0 Å². The fourth-order valence-corrected chi connectivity index (χ4v) is 3.18. The molecule has 2 N–H and O–H groups in total. The van der Waals surface area contributed by atoms with Crippen molar-refractivity contribution in [3.05, 3.63) is 48.2 Å². The van der Waals surface area contributed by atoms with Crippen molar-refractivity contribution in [2.24, 2.45) is 5.73 Å². The number of carbonyl (C=O) groups excluding carboxylic acids is 1. The summed E-state index contributed by atoms with van der Waals surface area (Å²) in [7, 11) is 2.13. The number of nitrogens with two attached hydrogens (primary N) is 1. The van der Waals surface area contributed by atoms with Crippen molar-refractivity contribution in [3.63, 3.8) is 0 Å². The minimum absolute atomic E-state index is 0.102.